The molecule has 0 fully saturated rings. The molecule has 2 nitrogen and oxygen atoms in total. The number of benzene rings is 1. The number of allylic oxidation sites excluding steroid dienone is 1. The summed E-state index contributed by atoms with van der Waals surface area (Å²) in [7, 11) is 0. The van der Waals surface area contributed by atoms with Crippen molar-refractivity contribution in [2.75, 3.05) is 5.32 Å². The zero-order valence-electron chi connectivity index (χ0n) is 8.64. The van der Waals surface area contributed by atoms with Gasteiger partial charge >= 0.3 is 0 Å². The molecule has 0 spiro atoms. The van der Waals surface area contributed by atoms with Gasteiger partial charge in [-0.2, -0.15) is 0 Å². The molecular formula is C12H13NO. The van der Waals surface area contributed by atoms with Crippen LogP contribution in [-0.4, -0.2) is 5.91 Å². The molecule has 1 aromatic rings. The van der Waals surface area contributed by atoms with Gasteiger partial charge in [0.25, 0.3) is 5.91 Å². The zero-order chi connectivity index (χ0) is 10.3. The molecule has 1 aliphatic rings. The summed E-state index contributed by atoms with van der Waals surface area (Å²) in [6, 6.07) is 6.02. The molecular weight excluding hydrogens is 174 g/mol. The lowest BCUT2D eigenvalue weighted by Gasteiger charge is -2.01. The normalized spacial score (nSPS) is 13.9. The first-order valence-corrected chi connectivity index (χ1v) is 4.69. The number of carbonyl (C=O) groups excluding carboxylic acids is 1. The quantitative estimate of drug-likeness (QED) is 0.622. The molecule has 0 unspecified atom stereocenters. The Morgan fingerprint density at radius 3 is 2.64 bits per heavy atom. The van der Waals surface area contributed by atoms with Crippen molar-refractivity contribution in [2.45, 2.75) is 20.8 Å². The highest BCUT2D eigenvalue weighted by molar-refractivity contribution is 6.32. The summed E-state index contributed by atoms with van der Waals surface area (Å²) in [5.41, 5.74) is 5.03. The van der Waals surface area contributed by atoms with Crippen LogP contribution in [0.5, 0.6) is 0 Å². The monoisotopic (exact) mass is 187 g/mol. The van der Waals surface area contributed by atoms with Gasteiger partial charge in [-0.25, -0.2) is 0 Å². The predicted octanol–water partition coefficient (Wildman–Crippen LogP) is 2.74. The van der Waals surface area contributed by atoms with Crippen LogP contribution in [0.25, 0.3) is 5.57 Å². The number of rotatable bonds is 0. The van der Waals surface area contributed by atoms with Crippen molar-refractivity contribution in [2.24, 2.45) is 0 Å². The van der Waals surface area contributed by atoms with E-state index in [1.807, 2.05) is 32.9 Å². The first-order chi connectivity index (χ1) is 6.59. The molecule has 2 heteroatoms. The van der Waals surface area contributed by atoms with Gasteiger partial charge in [0.05, 0.1) is 0 Å². The van der Waals surface area contributed by atoms with Gasteiger partial charge in [-0.1, -0.05) is 17.2 Å². The van der Waals surface area contributed by atoms with E-state index >= 15 is 0 Å². The number of aryl methyl sites for hydroxylation is 1. The number of amides is 1. The fraction of sp³-hybridized carbons (Fsp3) is 0.250. The smallest absolute Gasteiger partial charge is 0.256 e. The minimum Gasteiger partial charge on any atom is -0.321 e. The first kappa shape index (κ1) is 9.00. The Hall–Kier alpha value is -1.57. The van der Waals surface area contributed by atoms with E-state index in [1.54, 1.807) is 0 Å². The highest BCUT2D eigenvalue weighted by Gasteiger charge is 2.24. The van der Waals surface area contributed by atoms with E-state index in [2.05, 4.69) is 11.4 Å². The van der Waals surface area contributed by atoms with E-state index < -0.39 is 0 Å². The minimum atomic E-state index is 0.0191. The molecule has 1 N–H and O–H groups in total. The third kappa shape index (κ3) is 1.23. The van der Waals surface area contributed by atoms with Gasteiger partial charge in [0.2, 0.25) is 0 Å². The number of nitrogens with one attached hydrogen (secondary N) is 1. The summed E-state index contributed by atoms with van der Waals surface area (Å²) in [6.45, 7) is 5.96. The molecule has 2 rings (SSSR count). The van der Waals surface area contributed by atoms with Gasteiger partial charge in [-0.15, -0.1) is 0 Å². The molecule has 14 heavy (non-hydrogen) atoms. The van der Waals surface area contributed by atoms with E-state index in [1.165, 1.54) is 5.56 Å². The maximum Gasteiger partial charge on any atom is 0.256 e. The molecule has 0 aliphatic carbocycles. The lowest BCUT2D eigenvalue weighted by atomic mass is 10.0. The largest absolute Gasteiger partial charge is 0.321 e. The average molecular weight is 187 g/mol. The SMILES string of the molecule is CC(C)=C1C(=O)Nc2ccc(C)cc21. The van der Waals surface area contributed by atoms with Crippen LogP contribution in [-0.2, 0) is 4.79 Å². The second-order valence-electron chi connectivity index (χ2n) is 3.88. The first-order valence-electron chi connectivity index (χ1n) is 4.69. The maximum atomic E-state index is 11.6. The average Bonchev–Trinajstić information content (AvgIpc) is 2.40. The molecule has 72 valence electrons. The van der Waals surface area contributed by atoms with Crippen LogP contribution < -0.4 is 5.32 Å². The standard InChI is InChI=1S/C12H13NO/c1-7(2)11-9-6-8(3)4-5-10(9)13-12(11)14/h4-6H,1-3H3,(H,13,14). The van der Waals surface area contributed by atoms with Crippen LogP contribution in [0.2, 0.25) is 0 Å². The van der Waals surface area contributed by atoms with Crippen LogP contribution in [0.4, 0.5) is 5.69 Å². The van der Waals surface area contributed by atoms with Crippen molar-refractivity contribution in [3.05, 3.63) is 34.9 Å². The second-order valence-corrected chi connectivity index (χ2v) is 3.88. The number of fused-ring (bicyclic) bond motifs is 1. The third-order valence-electron chi connectivity index (χ3n) is 2.42. The Balaban J connectivity index is 2.68. The fourth-order valence-corrected chi connectivity index (χ4v) is 1.78. The minimum absolute atomic E-state index is 0.0191. The number of carbonyl (C=O) groups is 1. The maximum absolute atomic E-state index is 11.6. The summed E-state index contributed by atoms with van der Waals surface area (Å²) >= 11 is 0. The topological polar surface area (TPSA) is 29.1 Å². The highest BCUT2D eigenvalue weighted by atomic mass is 16.2. The van der Waals surface area contributed by atoms with E-state index in [9.17, 15) is 4.79 Å². The Kier molecular flexibility index (Phi) is 1.92. The van der Waals surface area contributed by atoms with Crippen LogP contribution in [0, 0.1) is 6.92 Å². The molecule has 0 saturated carbocycles. The number of anilines is 1. The van der Waals surface area contributed by atoms with Crippen molar-refractivity contribution in [3.63, 3.8) is 0 Å². The summed E-state index contributed by atoms with van der Waals surface area (Å²) in [4.78, 5) is 11.6. The summed E-state index contributed by atoms with van der Waals surface area (Å²) in [6.07, 6.45) is 0. The van der Waals surface area contributed by atoms with Crippen molar-refractivity contribution < 1.29 is 4.79 Å². The van der Waals surface area contributed by atoms with Crippen molar-refractivity contribution in [3.8, 4) is 0 Å². The number of hydrogen-bond donors (Lipinski definition) is 1. The van der Waals surface area contributed by atoms with E-state index in [-0.39, 0.29) is 5.91 Å². The molecule has 1 heterocycles. The van der Waals surface area contributed by atoms with Gasteiger partial charge in [0, 0.05) is 16.8 Å². The molecule has 1 aromatic carbocycles. The van der Waals surface area contributed by atoms with Crippen LogP contribution in [0.15, 0.2) is 23.8 Å². The van der Waals surface area contributed by atoms with Gasteiger partial charge in [0.1, 0.15) is 0 Å². The summed E-state index contributed by atoms with van der Waals surface area (Å²) in [5.74, 6) is 0.0191. The lowest BCUT2D eigenvalue weighted by molar-refractivity contribution is -0.110. The highest BCUT2D eigenvalue weighted by Crippen LogP contribution is 2.34. The fourth-order valence-electron chi connectivity index (χ4n) is 1.78. The molecule has 0 radical (unpaired) electrons. The Labute approximate surface area is 83.6 Å². The number of hydrogen-bond acceptors (Lipinski definition) is 1. The third-order valence-corrected chi connectivity index (χ3v) is 2.42. The zero-order valence-corrected chi connectivity index (χ0v) is 8.64. The van der Waals surface area contributed by atoms with E-state index in [0.717, 1.165) is 22.4 Å². The molecule has 0 atom stereocenters. The predicted molar refractivity (Wildman–Crippen MR) is 58.1 cm³/mol. The Bertz CT molecular complexity index is 440. The lowest BCUT2D eigenvalue weighted by Crippen LogP contribution is -2.04. The Morgan fingerprint density at radius 2 is 2.00 bits per heavy atom. The molecule has 0 saturated heterocycles. The van der Waals surface area contributed by atoms with Crippen molar-refractivity contribution in [1.82, 2.24) is 0 Å². The van der Waals surface area contributed by atoms with Crippen LogP contribution >= 0.6 is 0 Å². The molecule has 1 aliphatic heterocycles. The Morgan fingerprint density at radius 1 is 1.29 bits per heavy atom. The van der Waals surface area contributed by atoms with Crippen LogP contribution in [0.3, 0.4) is 0 Å². The van der Waals surface area contributed by atoms with E-state index in [4.69, 9.17) is 0 Å². The van der Waals surface area contributed by atoms with E-state index in [0.29, 0.717) is 0 Å². The summed E-state index contributed by atoms with van der Waals surface area (Å²) in [5, 5.41) is 2.86. The second kappa shape index (κ2) is 2.98. The van der Waals surface area contributed by atoms with Gasteiger partial charge in [-0.05, 0) is 32.9 Å². The van der Waals surface area contributed by atoms with Gasteiger partial charge in [-0.3, -0.25) is 4.79 Å². The molecule has 0 bridgehead atoms. The van der Waals surface area contributed by atoms with Crippen LogP contribution in [0.1, 0.15) is 25.0 Å². The van der Waals surface area contributed by atoms with Gasteiger partial charge < -0.3 is 5.32 Å². The van der Waals surface area contributed by atoms with Crippen molar-refractivity contribution in [1.29, 1.82) is 0 Å². The van der Waals surface area contributed by atoms with Gasteiger partial charge in [0.15, 0.2) is 0 Å². The molecule has 0 aromatic heterocycles. The summed E-state index contributed by atoms with van der Waals surface area (Å²) < 4.78 is 0. The molecule has 1 amide bonds. The van der Waals surface area contributed by atoms with Crippen molar-refractivity contribution >= 4 is 17.2 Å².